The lowest BCUT2D eigenvalue weighted by Gasteiger charge is -2.06. The smallest absolute Gasteiger partial charge is 0.155 e. The first-order valence-corrected chi connectivity index (χ1v) is 4.39. The Kier molecular flexibility index (Phi) is 4.84. The summed E-state index contributed by atoms with van der Waals surface area (Å²) in [4.78, 5) is 11.1. The molecule has 0 aliphatic carbocycles. The fraction of sp³-hybridized carbons (Fsp3) is 0.700. The minimum absolute atomic E-state index is 0.242. The molecule has 0 aromatic carbocycles. The van der Waals surface area contributed by atoms with Crippen molar-refractivity contribution in [2.24, 2.45) is 0 Å². The summed E-state index contributed by atoms with van der Waals surface area (Å²) < 4.78 is 0. The van der Waals surface area contributed by atoms with Crippen LogP contribution in [0.5, 0.6) is 0 Å². The summed E-state index contributed by atoms with van der Waals surface area (Å²) in [5.41, 5.74) is 2.36. The van der Waals surface area contributed by atoms with E-state index in [-0.39, 0.29) is 5.78 Å². The molecule has 0 rings (SSSR count). The summed E-state index contributed by atoms with van der Waals surface area (Å²) in [7, 11) is 0. The molecule has 0 aliphatic rings. The number of rotatable bonds is 4. The van der Waals surface area contributed by atoms with E-state index in [1.165, 1.54) is 5.57 Å². The molecule has 0 N–H and O–H groups in total. The van der Waals surface area contributed by atoms with Crippen molar-refractivity contribution in [3.05, 3.63) is 11.1 Å². The SMILES string of the molecule is CCC(CC)=C(CC)C(C)=O. The second-order valence-electron chi connectivity index (χ2n) is 2.70. The number of ketones is 1. The van der Waals surface area contributed by atoms with E-state index in [1.54, 1.807) is 6.92 Å². The van der Waals surface area contributed by atoms with Crippen LogP contribution in [-0.2, 0) is 4.79 Å². The molecule has 0 radical (unpaired) electrons. The highest BCUT2D eigenvalue weighted by Gasteiger charge is 2.05. The van der Waals surface area contributed by atoms with Gasteiger partial charge in [-0.2, -0.15) is 0 Å². The lowest BCUT2D eigenvalue weighted by Crippen LogP contribution is -1.99. The largest absolute Gasteiger partial charge is 0.295 e. The first-order chi connectivity index (χ1) is 5.17. The summed E-state index contributed by atoms with van der Waals surface area (Å²) in [6.07, 6.45) is 2.91. The van der Waals surface area contributed by atoms with Crippen LogP contribution in [0.1, 0.15) is 47.0 Å². The molecule has 0 aromatic rings. The average Bonchev–Trinajstić information content (AvgIpc) is 1.99. The van der Waals surface area contributed by atoms with Crippen LogP contribution in [0.4, 0.5) is 0 Å². The third-order valence-corrected chi connectivity index (χ3v) is 2.06. The van der Waals surface area contributed by atoms with Crippen LogP contribution in [0.15, 0.2) is 11.1 Å². The Morgan fingerprint density at radius 2 is 1.45 bits per heavy atom. The van der Waals surface area contributed by atoms with E-state index in [0.717, 1.165) is 24.8 Å². The molecule has 64 valence electrons. The van der Waals surface area contributed by atoms with Crippen molar-refractivity contribution in [1.29, 1.82) is 0 Å². The Morgan fingerprint density at radius 1 is 1.00 bits per heavy atom. The minimum Gasteiger partial charge on any atom is -0.295 e. The third kappa shape index (κ3) is 2.87. The summed E-state index contributed by atoms with van der Waals surface area (Å²) in [6.45, 7) is 7.92. The molecule has 0 unspecified atom stereocenters. The lowest BCUT2D eigenvalue weighted by atomic mass is 9.98. The number of Topliss-reactive ketones (excluding diaryl/α,β-unsaturated/α-hetero) is 1. The Morgan fingerprint density at radius 3 is 1.55 bits per heavy atom. The van der Waals surface area contributed by atoms with E-state index in [1.807, 2.05) is 6.92 Å². The van der Waals surface area contributed by atoms with Gasteiger partial charge in [0.15, 0.2) is 5.78 Å². The minimum atomic E-state index is 0.242. The molecule has 0 bridgehead atoms. The first kappa shape index (κ1) is 10.4. The topological polar surface area (TPSA) is 17.1 Å². The highest BCUT2D eigenvalue weighted by molar-refractivity contribution is 5.93. The van der Waals surface area contributed by atoms with Gasteiger partial charge in [0.1, 0.15) is 0 Å². The van der Waals surface area contributed by atoms with E-state index >= 15 is 0 Å². The van der Waals surface area contributed by atoms with E-state index in [0.29, 0.717) is 0 Å². The van der Waals surface area contributed by atoms with Crippen molar-refractivity contribution < 1.29 is 4.79 Å². The molecule has 11 heavy (non-hydrogen) atoms. The van der Waals surface area contributed by atoms with Crippen molar-refractivity contribution in [3.8, 4) is 0 Å². The molecule has 0 saturated heterocycles. The lowest BCUT2D eigenvalue weighted by molar-refractivity contribution is -0.113. The maximum absolute atomic E-state index is 11.1. The van der Waals surface area contributed by atoms with Gasteiger partial charge in [0, 0.05) is 0 Å². The van der Waals surface area contributed by atoms with Gasteiger partial charge in [0.2, 0.25) is 0 Å². The average molecular weight is 154 g/mol. The molecule has 0 atom stereocenters. The molecule has 0 saturated carbocycles. The van der Waals surface area contributed by atoms with E-state index in [9.17, 15) is 4.79 Å². The molecule has 1 heteroatoms. The Labute approximate surface area is 69.5 Å². The van der Waals surface area contributed by atoms with Crippen LogP contribution >= 0.6 is 0 Å². The number of hydrogen-bond acceptors (Lipinski definition) is 1. The van der Waals surface area contributed by atoms with Crippen molar-refractivity contribution in [2.75, 3.05) is 0 Å². The Balaban J connectivity index is 4.62. The van der Waals surface area contributed by atoms with Crippen molar-refractivity contribution in [3.63, 3.8) is 0 Å². The second kappa shape index (κ2) is 5.11. The predicted molar refractivity (Wildman–Crippen MR) is 48.6 cm³/mol. The molecule has 0 aliphatic heterocycles. The van der Waals surface area contributed by atoms with Crippen LogP contribution in [0.25, 0.3) is 0 Å². The molecule has 0 heterocycles. The van der Waals surface area contributed by atoms with Gasteiger partial charge in [0.05, 0.1) is 0 Å². The van der Waals surface area contributed by atoms with Crippen molar-refractivity contribution in [2.45, 2.75) is 47.0 Å². The number of carbonyl (C=O) groups excluding carboxylic acids is 1. The zero-order valence-corrected chi connectivity index (χ0v) is 8.03. The van der Waals surface area contributed by atoms with Crippen LogP contribution in [0, 0.1) is 0 Å². The van der Waals surface area contributed by atoms with E-state index in [4.69, 9.17) is 0 Å². The molecule has 0 fully saturated rings. The summed E-state index contributed by atoms with van der Waals surface area (Å²) in [5, 5.41) is 0. The zero-order valence-electron chi connectivity index (χ0n) is 8.03. The highest BCUT2D eigenvalue weighted by atomic mass is 16.1. The molecule has 0 amide bonds. The summed E-state index contributed by atoms with van der Waals surface area (Å²) in [6, 6.07) is 0. The maximum Gasteiger partial charge on any atom is 0.155 e. The summed E-state index contributed by atoms with van der Waals surface area (Å²) >= 11 is 0. The van der Waals surface area contributed by atoms with Crippen molar-refractivity contribution in [1.82, 2.24) is 0 Å². The highest BCUT2D eigenvalue weighted by Crippen LogP contribution is 2.16. The van der Waals surface area contributed by atoms with Crippen LogP contribution in [-0.4, -0.2) is 5.78 Å². The number of hydrogen-bond donors (Lipinski definition) is 0. The first-order valence-electron chi connectivity index (χ1n) is 4.39. The van der Waals surface area contributed by atoms with Crippen molar-refractivity contribution >= 4 is 5.78 Å². The van der Waals surface area contributed by atoms with Crippen LogP contribution in [0.3, 0.4) is 0 Å². The van der Waals surface area contributed by atoms with E-state index in [2.05, 4.69) is 13.8 Å². The van der Waals surface area contributed by atoms with Gasteiger partial charge in [-0.3, -0.25) is 4.79 Å². The molecular formula is C10H18O. The van der Waals surface area contributed by atoms with Gasteiger partial charge in [-0.05, 0) is 31.8 Å². The number of carbonyl (C=O) groups is 1. The fourth-order valence-corrected chi connectivity index (χ4v) is 1.42. The number of allylic oxidation sites excluding steroid dienone is 2. The van der Waals surface area contributed by atoms with Gasteiger partial charge in [-0.15, -0.1) is 0 Å². The van der Waals surface area contributed by atoms with E-state index < -0.39 is 0 Å². The monoisotopic (exact) mass is 154 g/mol. The molecular weight excluding hydrogens is 136 g/mol. The summed E-state index contributed by atoms with van der Waals surface area (Å²) in [5.74, 6) is 0.242. The normalized spacial score (nSPS) is 9.45. The predicted octanol–water partition coefficient (Wildman–Crippen LogP) is 3.10. The van der Waals surface area contributed by atoms with Crippen LogP contribution in [0.2, 0.25) is 0 Å². The Bertz CT molecular complexity index is 160. The Hall–Kier alpha value is -0.590. The molecule has 0 aromatic heterocycles. The quantitative estimate of drug-likeness (QED) is 0.569. The van der Waals surface area contributed by atoms with Crippen LogP contribution < -0.4 is 0 Å². The third-order valence-electron chi connectivity index (χ3n) is 2.06. The standard InChI is InChI=1S/C10H18O/c1-5-9(6-2)10(7-3)8(4)11/h5-7H2,1-4H3. The van der Waals surface area contributed by atoms with Gasteiger partial charge < -0.3 is 0 Å². The van der Waals surface area contributed by atoms with Gasteiger partial charge in [-0.1, -0.05) is 26.3 Å². The van der Waals surface area contributed by atoms with Gasteiger partial charge >= 0.3 is 0 Å². The molecule has 0 spiro atoms. The molecule has 1 nitrogen and oxygen atoms in total. The zero-order chi connectivity index (χ0) is 8.85. The van der Waals surface area contributed by atoms with Gasteiger partial charge in [-0.25, -0.2) is 0 Å². The fourth-order valence-electron chi connectivity index (χ4n) is 1.42. The van der Waals surface area contributed by atoms with Gasteiger partial charge in [0.25, 0.3) is 0 Å². The maximum atomic E-state index is 11.1. The second-order valence-corrected chi connectivity index (χ2v) is 2.70.